The number of methoxy groups -OCH3 is 1. The molecule has 0 N–H and O–H groups in total. The minimum absolute atomic E-state index is 0.312. The van der Waals surface area contributed by atoms with E-state index in [9.17, 15) is 4.79 Å². The normalized spacial score (nSPS) is 12.8. The summed E-state index contributed by atoms with van der Waals surface area (Å²) in [5.41, 5.74) is 0.568. The number of carbonyl (C=O) groups excluding carboxylic acids is 1. The average Bonchev–Trinajstić information content (AvgIpc) is 2.10. The second-order valence-corrected chi connectivity index (χ2v) is 2.13. The zero-order chi connectivity index (χ0) is 9.40. The van der Waals surface area contributed by atoms with Gasteiger partial charge in [-0.05, 0) is 13.0 Å². The molecule has 66 valence electrons. The highest BCUT2D eigenvalue weighted by Crippen LogP contribution is 1.94. The molecule has 0 rings (SSSR count). The number of hydrogen-bond acceptors (Lipinski definition) is 3. The van der Waals surface area contributed by atoms with Crippen molar-refractivity contribution in [2.45, 2.75) is 6.92 Å². The van der Waals surface area contributed by atoms with Crippen LogP contribution >= 0.6 is 0 Å². The van der Waals surface area contributed by atoms with Crippen LogP contribution < -0.4 is 0 Å². The fraction of sp³-hybridized carbons (Fsp3) is 0.333. The van der Waals surface area contributed by atoms with Crippen molar-refractivity contribution < 1.29 is 9.53 Å². The van der Waals surface area contributed by atoms with E-state index in [0.29, 0.717) is 5.57 Å². The quantitative estimate of drug-likeness (QED) is 0.275. The van der Waals surface area contributed by atoms with Crippen molar-refractivity contribution in [2.75, 3.05) is 14.2 Å². The maximum atomic E-state index is 10.8. The van der Waals surface area contributed by atoms with Crippen molar-refractivity contribution >= 4 is 12.2 Å². The van der Waals surface area contributed by atoms with Gasteiger partial charge in [-0.1, -0.05) is 12.2 Å². The number of ether oxygens (including phenoxy) is 1. The average molecular weight is 167 g/mol. The number of nitrogens with zero attached hydrogens (tertiary/aromatic N) is 1. The Morgan fingerprint density at radius 2 is 2.08 bits per heavy atom. The number of esters is 1. The van der Waals surface area contributed by atoms with Crippen molar-refractivity contribution in [1.29, 1.82) is 0 Å². The lowest BCUT2D eigenvalue weighted by Gasteiger charge is -1.94. The molecule has 0 saturated heterocycles. The summed E-state index contributed by atoms with van der Waals surface area (Å²) >= 11 is 0. The smallest absolute Gasteiger partial charge is 0.333 e. The summed E-state index contributed by atoms with van der Waals surface area (Å²) in [6.07, 6.45) is 6.79. The Kier molecular flexibility index (Phi) is 5.61. The second-order valence-electron chi connectivity index (χ2n) is 2.13. The Balaban J connectivity index is 4.08. The van der Waals surface area contributed by atoms with E-state index < -0.39 is 0 Å². The molecule has 0 saturated carbocycles. The van der Waals surface area contributed by atoms with Gasteiger partial charge >= 0.3 is 5.97 Å². The van der Waals surface area contributed by atoms with Crippen molar-refractivity contribution in [2.24, 2.45) is 4.99 Å². The Morgan fingerprint density at radius 3 is 2.58 bits per heavy atom. The van der Waals surface area contributed by atoms with Gasteiger partial charge in [-0.15, -0.1) is 0 Å². The number of allylic oxidation sites excluding steroid dienone is 3. The minimum atomic E-state index is -0.312. The first kappa shape index (κ1) is 10.6. The van der Waals surface area contributed by atoms with Gasteiger partial charge in [-0.3, -0.25) is 4.99 Å². The summed E-state index contributed by atoms with van der Waals surface area (Å²) in [5, 5.41) is 0. The standard InChI is InChI=1S/C9H13NO2/c1-8(9(11)12-3)6-4-5-7-10-2/h4-7H,1-3H3/b5-4-,8-6+,10-7+. The first-order chi connectivity index (χ1) is 5.72. The first-order valence-electron chi connectivity index (χ1n) is 3.56. The maximum Gasteiger partial charge on any atom is 0.333 e. The number of hydrogen-bond donors (Lipinski definition) is 0. The lowest BCUT2D eigenvalue weighted by molar-refractivity contribution is -0.136. The van der Waals surface area contributed by atoms with E-state index in [0.717, 1.165) is 0 Å². The molecule has 0 bridgehead atoms. The molecule has 12 heavy (non-hydrogen) atoms. The molecule has 0 aromatic carbocycles. The molecule has 0 fully saturated rings. The van der Waals surface area contributed by atoms with Crippen LogP contribution in [0.25, 0.3) is 0 Å². The Bertz CT molecular complexity index is 227. The highest BCUT2D eigenvalue weighted by atomic mass is 16.5. The number of carbonyl (C=O) groups is 1. The van der Waals surface area contributed by atoms with Crippen LogP contribution in [0.15, 0.2) is 28.8 Å². The first-order valence-corrected chi connectivity index (χ1v) is 3.56. The Morgan fingerprint density at radius 1 is 1.42 bits per heavy atom. The summed E-state index contributed by atoms with van der Waals surface area (Å²) < 4.78 is 4.49. The Hall–Kier alpha value is -1.38. The molecule has 0 aliphatic heterocycles. The van der Waals surface area contributed by atoms with Crippen LogP contribution in [0.5, 0.6) is 0 Å². The molecule has 0 spiro atoms. The highest BCUT2D eigenvalue weighted by Gasteiger charge is 1.99. The zero-order valence-electron chi connectivity index (χ0n) is 7.57. The second kappa shape index (κ2) is 6.34. The third-order valence-corrected chi connectivity index (χ3v) is 1.20. The summed E-state index contributed by atoms with van der Waals surface area (Å²) in [4.78, 5) is 14.6. The SMILES string of the molecule is C/N=C/C=C\C=C(/C)C(=O)OC. The molecular formula is C9H13NO2. The van der Waals surface area contributed by atoms with Crippen LogP contribution in [0.1, 0.15) is 6.92 Å². The minimum Gasteiger partial charge on any atom is -0.466 e. The van der Waals surface area contributed by atoms with E-state index in [2.05, 4.69) is 9.73 Å². The molecule has 0 amide bonds. The third kappa shape index (κ3) is 4.44. The fourth-order valence-corrected chi connectivity index (χ4v) is 0.565. The van der Waals surface area contributed by atoms with Gasteiger partial charge in [-0.2, -0.15) is 0 Å². The summed E-state index contributed by atoms with van der Waals surface area (Å²) in [6, 6.07) is 0. The third-order valence-electron chi connectivity index (χ3n) is 1.20. The van der Waals surface area contributed by atoms with E-state index in [4.69, 9.17) is 0 Å². The van der Waals surface area contributed by atoms with Gasteiger partial charge < -0.3 is 4.74 Å². The van der Waals surface area contributed by atoms with Crippen molar-refractivity contribution in [3.8, 4) is 0 Å². The number of rotatable bonds is 3. The van der Waals surface area contributed by atoms with Crippen LogP contribution in [0, 0.1) is 0 Å². The molecule has 0 heterocycles. The van der Waals surface area contributed by atoms with Gasteiger partial charge in [0, 0.05) is 18.8 Å². The molecule has 0 unspecified atom stereocenters. The monoisotopic (exact) mass is 167 g/mol. The lowest BCUT2D eigenvalue weighted by Crippen LogP contribution is -2.00. The molecular weight excluding hydrogens is 154 g/mol. The molecule has 3 heteroatoms. The summed E-state index contributed by atoms with van der Waals surface area (Å²) in [5.74, 6) is -0.312. The van der Waals surface area contributed by atoms with E-state index >= 15 is 0 Å². The van der Waals surface area contributed by atoms with Crippen LogP contribution in [0.4, 0.5) is 0 Å². The lowest BCUT2D eigenvalue weighted by atomic mass is 10.3. The van der Waals surface area contributed by atoms with Crippen molar-refractivity contribution in [1.82, 2.24) is 0 Å². The largest absolute Gasteiger partial charge is 0.466 e. The van der Waals surface area contributed by atoms with Crippen LogP contribution in [0.3, 0.4) is 0 Å². The van der Waals surface area contributed by atoms with E-state index in [-0.39, 0.29) is 5.97 Å². The summed E-state index contributed by atoms with van der Waals surface area (Å²) in [7, 11) is 3.04. The maximum absolute atomic E-state index is 10.8. The number of aliphatic imine (C=N–C) groups is 1. The predicted octanol–water partition coefficient (Wildman–Crippen LogP) is 1.36. The molecule has 0 aliphatic carbocycles. The van der Waals surface area contributed by atoms with E-state index in [1.807, 2.05) is 0 Å². The molecule has 0 aromatic rings. The molecule has 3 nitrogen and oxygen atoms in total. The molecule has 0 aliphatic rings. The highest BCUT2D eigenvalue weighted by molar-refractivity contribution is 5.88. The predicted molar refractivity (Wildman–Crippen MR) is 49.3 cm³/mol. The van der Waals surface area contributed by atoms with Gasteiger partial charge in [0.05, 0.1) is 7.11 Å². The zero-order valence-corrected chi connectivity index (χ0v) is 7.57. The van der Waals surface area contributed by atoms with Crippen LogP contribution in [-0.2, 0) is 9.53 Å². The summed E-state index contributed by atoms with van der Waals surface area (Å²) in [6.45, 7) is 1.69. The van der Waals surface area contributed by atoms with Gasteiger partial charge in [0.2, 0.25) is 0 Å². The van der Waals surface area contributed by atoms with Crippen LogP contribution in [0.2, 0.25) is 0 Å². The van der Waals surface area contributed by atoms with E-state index in [1.165, 1.54) is 7.11 Å². The van der Waals surface area contributed by atoms with Crippen molar-refractivity contribution in [3.05, 3.63) is 23.8 Å². The molecule has 0 atom stereocenters. The van der Waals surface area contributed by atoms with E-state index in [1.54, 1.807) is 38.4 Å². The van der Waals surface area contributed by atoms with Gasteiger partial charge in [-0.25, -0.2) is 4.79 Å². The van der Waals surface area contributed by atoms with Crippen LogP contribution in [-0.4, -0.2) is 26.3 Å². The fourth-order valence-electron chi connectivity index (χ4n) is 0.565. The molecule has 0 radical (unpaired) electrons. The topological polar surface area (TPSA) is 38.7 Å². The Labute approximate surface area is 72.4 Å². The molecule has 0 aromatic heterocycles. The van der Waals surface area contributed by atoms with Crippen molar-refractivity contribution in [3.63, 3.8) is 0 Å². The van der Waals surface area contributed by atoms with Gasteiger partial charge in [0.15, 0.2) is 0 Å². The van der Waals surface area contributed by atoms with Gasteiger partial charge in [0.1, 0.15) is 0 Å². The van der Waals surface area contributed by atoms with Gasteiger partial charge in [0.25, 0.3) is 0 Å².